The molecule has 292 valence electrons. The van der Waals surface area contributed by atoms with Gasteiger partial charge in [-0.15, -0.1) is 0 Å². The fourth-order valence-corrected chi connectivity index (χ4v) is 6.63. The second kappa shape index (κ2) is 22.5. The molecular formula is C33H58N6O12. The lowest BCUT2D eigenvalue weighted by molar-refractivity contribution is -0.146. The van der Waals surface area contributed by atoms with Crippen molar-refractivity contribution in [2.24, 2.45) is 11.8 Å². The van der Waals surface area contributed by atoms with Gasteiger partial charge < -0.3 is 51.1 Å². The van der Waals surface area contributed by atoms with E-state index in [1.165, 1.54) is 4.90 Å². The summed E-state index contributed by atoms with van der Waals surface area (Å²) in [7, 11) is 0. The summed E-state index contributed by atoms with van der Waals surface area (Å²) in [6, 6.07) is -1.06. The molecule has 51 heavy (non-hydrogen) atoms. The van der Waals surface area contributed by atoms with Gasteiger partial charge in [-0.3, -0.25) is 38.6 Å². The van der Waals surface area contributed by atoms with Crippen LogP contribution in [-0.2, 0) is 28.8 Å². The van der Waals surface area contributed by atoms with Crippen molar-refractivity contribution >= 4 is 35.6 Å². The van der Waals surface area contributed by atoms with Crippen molar-refractivity contribution in [1.82, 2.24) is 30.2 Å². The van der Waals surface area contributed by atoms with Crippen LogP contribution in [0.2, 0.25) is 0 Å². The number of hydrogen-bond acceptors (Lipinski definition) is 12. The highest BCUT2D eigenvalue weighted by atomic mass is 16.4. The normalized spacial score (nSPS) is 20.0. The lowest BCUT2D eigenvalue weighted by Crippen LogP contribution is -2.59. The quantitative estimate of drug-likeness (QED) is 0.0557. The SMILES string of the molecule is CCN(CCC(C)C(=O)NCC(O)CO)C(=O)CN(CC(=O)O)C1CCCCC1N(CC(=O)O)CC(=O)N1CCC(C(=O)NCC(O)CO)CC1. The molecule has 0 spiro atoms. The summed E-state index contributed by atoms with van der Waals surface area (Å²) in [5.41, 5.74) is 0. The van der Waals surface area contributed by atoms with Crippen molar-refractivity contribution in [3.05, 3.63) is 0 Å². The summed E-state index contributed by atoms with van der Waals surface area (Å²) >= 11 is 0. The summed E-state index contributed by atoms with van der Waals surface area (Å²) in [5, 5.41) is 61.7. The van der Waals surface area contributed by atoms with Crippen molar-refractivity contribution in [2.75, 3.05) is 78.7 Å². The molecule has 8 N–H and O–H groups in total. The van der Waals surface area contributed by atoms with E-state index in [-0.39, 0.29) is 75.4 Å². The fraction of sp³-hybridized carbons (Fsp3) is 0.818. The van der Waals surface area contributed by atoms with Gasteiger partial charge in [0.25, 0.3) is 0 Å². The van der Waals surface area contributed by atoms with E-state index in [0.717, 1.165) is 12.8 Å². The molecule has 0 aromatic carbocycles. The van der Waals surface area contributed by atoms with Crippen molar-refractivity contribution in [3.63, 3.8) is 0 Å². The van der Waals surface area contributed by atoms with Gasteiger partial charge >= 0.3 is 11.9 Å². The molecule has 1 aliphatic heterocycles. The fourth-order valence-electron chi connectivity index (χ4n) is 6.63. The van der Waals surface area contributed by atoms with Gasteiger partial charge in [0, 0.05) is 63.2 Å². The monoisotopic (exact) mass is 730 g/mol. The van der Waals surface area contributed by atoms with Gasteiger partial charge in [-0.2, -0.15) is 0 Å². The van der Waals surface area contributed by atoms with Gasteiger partial charge in [0.2, 0.25) is 23.6 Å². The molecule has 0 aromatic rings. The molecule has 18 nitrogen and oxygen atoms in total. The van der Waals surface area contributed by atoms with Gasteiger partial charge in [0.05, 0.1) is 51.6 Å². The zero-order valence-corrected chi connectivity index (χ0v) is 29.8. The van der Waals surface area contributed by atoms with Crippen LogP contribution in [0.4, 0.5) is 0 Å². The number of likely N-dealkylation sites (tertiary alicyclic amines) is 1. The third-order valence-corrected chi connectivity index (χ3v) is 9.66. The Morgan fingerprint density at radius 3 is 1.76 bits per heavy atom. The highest BCUT2D eigenvalue weighted by Gasteiger charge is 2.38. The summed E-state index contributed by atoms with van der Waals surface area (Å²) in [6.07, 6.45) is 1.33. The van der Waals surface area contributed by atoms with Gasteiger partial charge in [0.15, 0.2) is 0 Å². The zero-order valence-electron chi connectivity index (χ0n) is 29.8. The number of carbonyl (C=O) groups excluding carboxylic acids is 4. The maximum Gasteiger partial charge on any atom is 0.317 e. The third kappa shape index (κ3) is 15.0. The second-order valence-corrected chi connectivity index (χ2v) is 13.5. The number of likely N-dealkylation sites (N-methyl/N-ethyl adjacent to an activating group) is 1. The second-order valence-electron chi connectivity index (χ2n) is 13.5. The standard InChI is InChI=1S/C33H58N6O12/c1-3-36(11-8-22(2)32(50)34-14-24(42)20-40)28(44)16-38(18-30(46)47)26-6-4-5-7-27(26)39(19-31(48)49)17-29(45)37-12-9-23(10-13-37)33(51)35-15-25(43)21-41/h22-27,40-43H,3-21H2,1-2H3,(H,34,50)(H,35,51)(H,46,47)(H,48,49). The van der Waals surface area contributed by atoms with Crippen molar-refractivity contribution in [2.45, 2.75) is 83.1 Å². The topological polar surface area (TPSA) is 261 Å². The number of amides is 4. The summed E-state index contributed by atoms with van der Waals surface area (Å²) in [4.78, 5) is 82.2. The Kier molecular flexibility index (Phi) is 19.3. The van der Waals surface area contributed by atoms with E-state index in [0.29, 0.717) is 38.6 Å². The summed E-state index contributed by atoms with van der Waals surface area (Å²) < 4.78 is 0. The number of nitrogens with one attached hydrogen (secondary N) is 2. The largest absolute Gasteiger partial charge is 0.480 e. The van der Waals surface area contributed by atoms with E-state index in [2.05, 4.69) is 10.6 Å². The smallest absolute Gasteiger partial charge is 0.317 e. The minimum atomic E-state index is -1.16. The molecule has 0 bridgehead atoms. The first-order valence-corrected chi connectivity index (χ1v) is 17.8. The number of rotatable bonds is 22. The first-order valence-electron chi connectivity index (χ1n) is 17.8. The Balaban J connectivity index is 2.12. The number of aliphatic hydroxyl groups is 4. The molecule has 2 rings (SSSR count). The predicted octanol–water partition coefficient (Wildman–Crippen LogP) is -2.88. The molecule has 1 aliphatic carbocycles. The average molecular weight is 731 g/mol. The van der Waals surface area contributed by atoms with Gasteiger partial charge in [-0.25, -0.2) is 0 Å². The highest BCUT2D eigenvalue weighted by molar-refractivity contribution is 5.82. The number of carbonyl (C=O) groups is 6. The molecule has 0 aromatic heterocycles. The maximum absolute atomic E-state index is 13.6. The number of nitrogens with zero attached hydrogens (tertiary/aromatic N) is 4. The number of carboxylic acids is 2. The molecule has 5 unspecified atom stereocenters. The molecule has 2 fully saturated rings. The molecule has 0 radical (unpaired) electrons. The molecule has 1 saturated carbocycles. The number of piperidine rings is 1. The van der Waals surface area contributed by atoms with Crippen LogP contribution in [-0.4, -0.2) is 189 Å². The van der Waals surface area contributed by atoms with Crippen LogP contribution in [0.25, 0.3) is 0 Å². The van der Waals surface area contributed by atoms with Crippen LogP contribution in [0.1, 0.15) is 58.8 Å². The minimum Gasteiger partial charge on any atom is -0.480 e. The first kappa shape index (κ1) is 43.7. The molecule has 5 atom stereocenters. The van der Waals surface area contributed by atoms with Crippen LogP contribution in [0.5, 0.6) is 0 Å². The summed E-state index contributed by atoms with van der Waals surface area (Å²) in [5.74, 6) is -4.51. The lowest BCUT2D eigenvalue weighted by atomic mass is 9.87. The van der Waals surface area contributed by atoms with Crippen LogP contribution in [0.3, 0.4) is 0 Å². The van der Waals surface area contributed by atoms with Crippen molar-refractivity contribution in [3.8, 4) is 0 Å². The summed E-state index contributed by atoms with van der Waals surface area (Å²) in [6.45, 7) is 1.88. The molecule has 2 aliphatic rings. The van der Waals surface area contributed by atoms with Crippen LogP contribution < -0.4 is 10.6 Å². The van der Waals surface area contributed by atoms with Crippen molar-refractivity contribution < 1.29 is 59.4 Å². The number of aliphatic carboxylic acids is 2. The van der Waals surface area contributed by atoms with E-state index < -0.39 is 68.5 Å². The van der Waals surface area contributed by atoms with E-state index in [9.17, 15) is 49.2 Å². The first-order chi connectivity index (χ1) is 24.2. The molecular weight excluding hydrogens is 672 g/mol. The van der Waals surface area contributed by atoms with E-state index in [1.54, 1.807) is 28.5 Å². The van der Waals surface area contributed by atoms with Gasteiger partial charge in [-0.05, 0) is 39.0 Å². The van der Waals surface area contributed by atoms with E-state index in [4.69, 9.17) is 10.2 Å². The van der Waals surface area contributed by atoms with E-state index in [1.807, 2.05) is 0 Å². The molecule has 18 heteroatoms. The Bertz CT molecular complexity index is 1150. The molecule has 1 heterocycles. The van der Waals surface area contributed by atoms with Gasteiger partial charge in [0.1, 0.15) is 0 Å². The minimum absolute atomic E-state index is 0.0841. The predicted molar refractivity (Wildman–Crippen MR) is 182 cm³/mol. The Labute approximate surface area is 298 Å². The van der Waals surface area contributed by atoms with Crippen LogP contribution in [0.15, 0.2) is 0 Å². The van der Waals surface area contributed by atoms with Crippen LogP contribution in [0, 0.1) is 11.8 Å². The Morgan fingerprint density at radius 2 is 1.27 bits per heavy atom. The highest BCUT2D eigenvalue weighted by Crippen LogP contribution is 2.28. The number of aliphatic hydroxyl groups excluding tert-OH is 4. The average Bonchev–Trinajstić information content (AvgIpc) is 3.11. The van der Waals surface area contributed by atoms with Gasteiger partial charge in [-0.1, -0.05) is 19.8 Å². The maximum atomic E-state index is 13.6. The Morgan fingerprint density at radius 1 is 0.765 bits per heavy atom. The third-order valence-electron chi connectivity index (χ3n) is 9.66. The van der Waals surface area contributed by atoms with E-state index >= 15 is 0 Å². The lowest BCUT2D eigenvalue weighted by Gasteiger charge is -2.44. The number of hydrogen-bond donors (Lipinski definition) is 8. The molecule has 1 saturated heterocycles. The zero-order chi connectivity index (χ0) is 38.1. The Hall–Kier alpha value is -3.42. The van der Waals surface area contributed by atoms with Crippen molar-refractivity contribution in [1.29, 1.82) is 0 Å². The molecule has 4 amide bonds. The van der Waals surface area contributed by atoms with Crippen LogP contribution >= 0.6 is 0 Å². The number of carboxylic acid groups (broad SMARTS) is 2.